The molecule has 0 aliphatic carbocycles. The summed E-state index contributed by atoms with van der Waals surface area (Å²) in [4.78, 5) is 4.22. The highest BCUT2D eigenvalue weighted by molar-refractivity contribution is 7.89. The molecule has 2 rings (SSSR count). The summed E-state index contributed by atoms with van der Waals surface area (Å²) in [6, 6.07) is -0.203. The molecule has 0 spiro atoms. The number of nitrogens with one attached hydrogen (secondary N) is 1. The van der Waals surface area contributed by atoms with Gasteiger partial charge in [-0.05, 0) is 13.3 Å². The van der Waals surface area contributed by atoms with Crippen molar-refractivity contribution in [2.75, 3.05) is 26.2 Å². The molecule has 8 heteroatoms. The molecule has 1 saturated heterocycles. The standard InChI is InChI=1S/C12H23N5O2S/c1-3-5-16-9-12(15-10(16)2)20(18,19)17-6-4-14-8-11(17)7-13/h9,11,14H,3-8,13H2,1-2H3. The molecule has 2 heterocycles. The lowest BCUT2D eigenvalue weighted by Crippen LogP contribution is -2.56. The van der Waals surface area contributed by atoms with E-state index in [1.165, 1.54) is 4.31 Å². The molecule has 114 valence electrons. The zero-order valence-corrected chi connectivity index (χ0v) is 12.9. The number of piperazine rings is 1. The van der Waals surface area contributed by atoms with Gasteiger partial charge < -0.3 is 15.6 Å². The minimum absolute atomic E-state index is 0.129. The summed E-state index contributed by atoms with van der Waals surface area (Å²) < 4.78 is 28.7. The summed E-state index contributed by atoms with van der Waals surface area (Å²) in [5.41, 5.74) is 5.68. The van der Waals surface area contributed by atoms with Gasteiger partial charge in [-0.15, -0.1) is 0 Å². The van der Waals surface area contributed by atoms with Crippen LogP contribution in [0.5, 0.6) is 0 Å². The van der Waals surface area contributed by atoms with Crippen LogP contribution in [0.15, 0.2) is 11.2 Å². The van der Waals surface area contributed by atoms with Gasteiger partial charge >= 0.3 is 0 Å². The molecule has 0 amide bonds. The quantitative estimate of drug-likeness (QED) is 0.766. The summed E-state index contributed by atoms with van der Waals surface area (Å²) in [6.45, 7) is 6.62. The molecule has 7 nitrogen and oxygen atoms in total. The van der Waals surface area contributed by atoms with Crippen molar-refractivity contribution in [3.63, 3.8) is 0 Å². The molecule has 1 fully saturated rings. The van der Waals surface area contributed by atoms with E-state index in [0.29, 0.717) is 26.2 Å². The smallest absolute Gasteiger partial charge is 0.262 e. The number of aromatic nitrogens is 2. The van der Waals surface area contributed by atoms with Crippen molar-refractivity contribution in [3.05, 3.63) is 12.0 Å². The number of hydrogen-bond donors (Lipinski definition) is 2. The molecule has 0 bridgehead atoms. The summed E-state index contributed by atoms with van der Waals surface area (Å²) >= 11 is 0. The monoisotopic (exact) mass is 301 g/mol. The maximum Gasteiger partial charge on any atom is 0.262 e. The minimum atomic E-state index is -3.56. The Morgan fingerprint density at radius 3 is 2.95 bits per heavy atom. The van der Waals surface area contributed by atoms with Gasteiger partial charge in [0.15, 0.2) is 5.03 Å². The molecule has 20 heavy (non-hydrogen) atoms. The minimum Gasteiger partial charge on any atom is -0.334 e. The Morgan fingerprint density at radius 2 is 2.30 bits per heavy atom. The average Bonchev–Trinajstić information content (AvgIpc) is 2.81. The van der Waals surface area contributed by atoms with Gasteiger partial charge in [0.05, 0.1) is 0 Å². The predicted octanol–water partition coefficient (Wildman–Crippen LogP) is -0.477. The maximum atomic E-state index is 12.7. The van der Waals surface area contributed by atoms with Crippen LogP contribution in [0.4, 0.5) is 0 Å². The summed E-state index contributed by atoms with van der Waals surface area (Å²) in [6.07, 6.45) is 2.57. The molecule has 1 aromatic heterocycles. The number of sulfonamides is 1. The Kier molecular flexibility index (Phi) is 4.79. The van der Waals surface area contributed by atoms with Crippen molar-refractivity contribution >= 4 is 10.0 Å². The van der Waals surface area contributed by atoms with Crippen molar-refractivity contribution in [2.24, 2.45) is 5.73 Å². The molecule has 3 N–H and O–H groups in total. The summed E-state index contributed by atoms with van der Waals surface area (Å²) in [7, 11) is -3.56. The van der Waals surface area contributed by atoms with Crippen LogP contribution in [-0.2, 0) is 16.6 Å². The topological polar surface area (TPSA) is 93.2 Å². The van der Waals surface area contributed by atoms with E-state index >= 15 is 0 Å². The lowest BCUT2D eigenvalue weighted by molar-refractivity contribution is 0.272. The van der Waals surface area contributed by atoms with E-state index in [2.05, 4.69) is 10.3 Å². The first-order valence-corrected chi connectivity index (χ1v) is 8.41. The Balaban J connectivity index is 2.31. The third-order valence-electron chi connectivity index (χ3n) is 3.56. The number of rotatable bonds is 5. The van der Waals surface area contributed by atoms with E-state index in [0.717, 1.165) is 18.8 Å². The highest BCUT2D eigenvalue weighted by Gasteiger charge is 2.34. The van der Waals surface area contributed by atoms with Crippen molar-refractivity contribution in [2.45, 2.75) is 37.9 Å². The SMILES string of the molecule is CCCn1cc(S(=O)(=O)N2CCNCC2CN)nc1C. The first kappa shape index (κ1) is 15.4. The van der Waals surface area contributed by atoms with E-state index in [1.807, 2.05) is 18.4 Å². The zero-order valence-electron chi connectivity index (χ0n) is 12.0. The highest BCUT2D eigenvalue weighted by atomic mass is 32.2. The molecular formula is C12H23N5O2S. The number of imidazole rings is 1. The lowest BCUT2D eigenvalue weighted by Gasteiger charge is -2.33. The largest absolute Gasteiger partial charge is 0.334 e. The zero-order chi connectivity index (χ0) is 14.8. The molecule has 1 aliphatic heterocycles. The lowest BCUT2D eigenvalue weighted by atomic mass is 10.2. The fourth-order valence-corrected chi connectivity index (χ4v) is 4.08. The first-order chi connectivity index (χ1) is 9.50. The highest BCUT2D eigenvalue weighted by Crippen LogP contribution is 2.19. The van der Waals surface area contributed by atoms with Crippen LogP contribution in [0.1, 0.15) is 19.2 Å². The van der Waals surface area contributed by atoms with Gasteiger partial charge in [0.1, 0.15) is 5.82 Å². The normalized spacial score (nSPS) is 21.2. The molecule has 0 saturated carbocycles. The Hall–Kier alpha value is -0.960. The second-order valence-corrected chi connectivity index (χ2v) is 6.87. The van der Waals surface area contributed by atoms with Gasteiger partial charge in [0.2, 0.25) is 0 Å². The van der Waals surface area contributed by atoms with Crippen LogP contribution >= 0.6 is 0 Å². The average molecular weight is 301 g/mol. The third kappa shape index (κ3) is 2.88. The fraction of sp³-hybridized carbons (Fsp3) is 0.750. The molecule has 0 aromatic carbocycles. The number of nitrogens with zero attached hydrogens (tertiary/aromatic N) is 3. The Morgan fingerprint density at radius 1 is 1.55 bits per heavy atom. The fourth-order valence-electron chi connectivity index (χ4n) is 2.45. The van der Waals surface area contributed by atoms with Crippen LogP contribution in [0.25, 0.3) is 0 Å². The van der Waals surface area contributed by atoms with Gasteiger partial charge in [0.25, 0.3) is 10.0 Å². The van der Waals surface area contributed by atoms with Gasteiger partial charge in [-0.2, -0.15) is 4.31 Å². The summed E-state index contributed by atoms with van der Waals surface area (Å²) in [5, 5.41) is 3.29. The van der Waals surface area contributed by atoms with E-state index in [1.54, 1.807) is 6.20 Å². The van der Waals surface area contributed by atoms with Crippen LogP contribution in [0.3, 0.4) is 0 Å². The van der Waals surface area contributed by atoms with E-state index in [9.17, 15) is 8.42 Å². The van der Waals surface area contributed by atoms with E-state index < -0.39 is 10.0 Å². The molecule has 1 unspecified atom stereocenters. The molecule has 0 radical (unpaired) electrons. The first-order valence-electron chi connectivity index (χ1n) is 6.97. The third-order valence-corrected chi connectivity index (χ3v) is 5.38. The molecular weight excluding hydrogens is 278 g/mol. The summed E-state index contributed by atoms with van der Waals surface area (Å²) in [5.74, 6) is 0.727. The van der Waals surface area contributed by atoms with Crippen LogP contribution in [-0.4, -0.2) is 54.5 Å². The Labute approximate surface area is 120 Å². The van der Waals surface area contributed by atoms with Crippen LogP contribution < -0.4 is 11.1 Å². The van der Waals surface area contributed by atoms with Gasteiger partial charge in [-0.25, -0.2) is 13.4 Å². The number of aryl methyl sites for hydroxylation is 2. The predicted molar refractivity (Wildman–Crippen MR) is 76.9 cm³/mol. The van der Waals surface area contributed by atoms with Crippen LogP contribution in [0.2, 0.25) is 0 Å². The van der Waals surface area contributed by atoms with Crippen molar-refractivity contribution in [1.82, 2.24) is 19.2 Å². The van der Waals surface area contributed by atoms with Crippen LogP contribution in [0, 0.1) is 6.92 Å². The van der Waals surface area contributed by atoms with E-state index in [-0.39, 0.29) is 11.1 Å². The maximum absolute atomic E-state index is 12.7. The van der Waals surface area contributed by atoms with Gasteiger partial charge in [0, 0.05) is 45.0 Å². The number of nitrogens with two attached hydrogens (primary N) is 1. The van der Waals surface area contributed by atoms with Gasteiger partial charge in [-0.1, -0.05) is 6.92 Å². The molecule has 1 aliphatic rings. The Bertz CT molecular complexity index is 554. The van der Waals surface area contributed by atoms with E-state index in [4.69, 9.17) is 5.73 Å². The van der Waals surface area contributed by atoms with Crippen molar-refractivity contribution in [3.8, 4) is 0 Å². The number of hydrogen-bond acceptors (Lipinski definition) is 5. The van der Waals surface area contributed by atoms with Crippen molar-refractivity contribution in [1.29, 1.82) is 0 Å². The van der Waals surface area contributed by atoms with Crippen molar-refractivity contribution < 1.29 is 8.42 Å². The second kappa shape index (κ2) is 6.21. The molecule has 1 aromatic rings. The second-order valence-electron chi connectivity index (χ2n) is 5.03. The van der Waals surface area contributed by atoms with Gasteiger partial charge in [-0.3, -0.25) is 0 Å². The molecule has 1 atom stereocenters.